The molecule has 0 aliphatic carbocycles. The number of hydrogen-bond acceptors (Lipinski definition) is 3. The van der Waals surface area contributed by atoms with Crippen LogP contribution in [-0.2, 0) is 6.54 Å². The number of halogens is 1. The van der Waals surface area contributed by atoms with Gasteiger partial charge in [0.05, 0.1) is 18.3 Å². The summed E-state index contributed by atoms with van der Waals surface area (Å²) in [6.07, 6.45) is 4.34. The number of aliphatic imine (C=N–C) groups is 1. The predicted octanol–water partition coefficient (Wildman–Crippen LogP) is 3.44. The molecule has 26 heavy (non-hydrogen) atoms. The van der Waals surface area contributed by atoms with Crippen LogP contribution < -0.4 is 15.5 Å². The Hall–Kier alpha value is -1.77. The molecule has 6 nitrogen and oxygen atoms in total. The Morgan fingerprint density at radius 2 is 2.12 bits per heavy atom. The Balaban J connectivity index is 0.00000243. The summed E-state index contributed by atoms with van der Waals surface area (Å²) in [6.45, 7) is 7.99. The minimum absolute atomic E-state index is 0. The lowest BCUT2D eigenvalue weighted by Gasteiger charge is -2.22. The van der Waals surface area contributed by atoms with E-state index in [1.54, 1.807) is 6.20 Å². The molecule has 0 spiro atoms. The zero-order valence-corrected chi connectivity index (χ0v) is 17.9. The molecule has 1 aromatic carbocycles. The van der Waals surface area contributed by atoms with Crippen molar-refractivity contribution in [3.8, 4) is 0 Å². The third-order valence-electron chi connectivity index (χ3n) is 4.50. The van der Waals surface area contributed by atoms with Gasteiger partial charge in [-0.3, -0.25) is 5.10 Å². The van der Waals surface area contributed by atoms with Gasteiger partial charge in [-0.05, 0) is 50.5 Å². The number of benzene rings is 1. The quantitative estimate of drug-likeness (QED) is 0.345. The van der Waals surface area contributed by atoms with Gasteiger partial charge in [0.2, 0.25) is 0 Å². The maximum absolute atomic E-state index is 4.63. The first-order valence-corrected chi connectivity index (χ1v) is 9.14. The van der Waals surface area contributed by atoms with Crippen LogP contribution in [0.5, 0.6) is 0 Å². The van der Waals surface area contributed by atoms with Crippen LogP contribution in [0.2, 0.25) is 0 Å². The lowest BCUT2D eigenvalue weighted by Crippen LogP contribution is -2.38. The second kappa shape index (κ2) is 10.4. The second-order valence-corrected chi connectivity index (χ2v) is 6.43. The molecule has 2 heterocycles. The van der Waals surface area contributed by atoms with Crippen molar-refractivity contribution in [2.24, 2.45) is 4.99 Å². The van der Waals surface area contributed by atoms with E-state index in [9.17, 15) is 0 Å². The van der Waals surface area contributed by atoms with E-state index < -0.39 is 0 Å². The highest BCUT2D eigenvalue weighted by atomic mass is 127. The average molecular weight is 468 g/mol. The normalized spacial score (nSPS) is 15.5. The highest BCUT2D eigenvalue weighted by Gasteiger charge is 2.14. The summed E-state index contributed by atoms with van der Waals surface area (Å²) in [6, 6.07) is 10.9. The zero-order valence-electron chi connectivity index (χ0n) is 15.5. The highest BCUT2D eigenvalue weighted by molar-refractivity contribution is 14.0. The molecule has 0 amide bonds. The summed E-state index contributed by atoms with van der Waals surface area (Å²) < 4.78 is 0. The minimum Gasteiger partial charge on any atom is -0.372 e. The van der Waals surface area contributed by atoms with Gasteiger partial charge in [0, 0.05) is 31.5 Å². The molecule has 142 valence electrons. The number of nitrogens with zero attached hydrogens (tertiary/aromatic N) is 3. The van der Waals surface area contributed by atoms with E-state index in [0.717, 1.165) is 18.2 Å². The fourth-order valence-corrected chi connectivity index (χ4v) is 3.11. The average Bonchev–Trinajstić information content (AvgIpc) is 3.33. The molecule has 0 saturated carbocycles. The van der Waals surface area contributed by atoms with Crippen LogP contribution in [0.15, 0.2) is 41.5 Å². The van der Waals surface area contributed by atoms with Gasteiger partial charge in [0.15, 0.2) is 5.96 Å². The van der Waals surface area contributed by atoms with E-state index in [2.05, 4.69) is 68.8 Å². The molecule has 1 aliphatic rings. The molecule has 0 bridgehead atoms. The topological polar surface area (TPSA) is 68.3 Å². The maximum Gasteiger partial charge on any atom is 0.192 e. The van der Waals surface area contributed by atoms with Gasteiger partial charge in [-0.15, -0.1) is 24.0 Å². The predicted molar refractivity (Wildman–Crippen MR) is 118 cm³/mol. The first-order chi connectivity index (χ1) is 12.3. The third kappa shape index (κ3) is 5.62. The molecule has 1 unspecified atom stereocenters. The number of guanidine groups is 1. The van der Waals surface area contributed by atoms with Gasteiger partial charge in [-0.25, -0.2) is 4.99 Å². The summed E-state index contributed by atoms with van der Waals surface area (Å²) >= 11 is 0. The van der Waals surface area contributed by atoms with E-state index in [0.29, 0.717) is 6.54 Å². The number of aromatic nitrogens is 2. The van der Waals surface area contributed by atoms with Gasteiger partial charge in [-0.1, -0.05) is 12.1 Å². The Morgan fingerprint density at radius 1 is 1.31 bits per heavy atom. The molecule has 3 N–H and O–H groups in total. The van der Waals surface area contributed by atoms with Crippen molar-refractivity contribution in [1.29, 1.82) is 0 Å². The largest absolute Gasteiger partial charge is 0.372 e. The van der Waals surface area contributed by atoms with Crippen molar-refractivity contribution in [3.63, 3.8) is 0 Å². The fraction of sp³-hybridized carbons (Fsp3) is 0.474. The molecule has 2 aromatic rings. The second-order valence-electron chi connectivity index (χ2n) is 6.43. The summed E-state index contributed by atoms with van der Waals surface area (Å²) in [4.78, 5) is 7.10. The van der Waals surface area contributed by atoms with E-state index in [1.807, 2.05) is 6.07 Å². The summed E-state index contributed by atoms with van der Waals surface area (Å²) in [5.41, 5.74) is 3.60. The van der Waals surface area contributed by atoms with Gasteiger partial charge in [0.1, 0.15) is 0 Å². The molecular weight excluding hydrogens is 439 g/mol. The van der Waals surface area contributed by atoms with Crippen LogP contribution in [0.25, 0.3) is 0 Å². The summed E-state index contributed by atoms with van der Waals surface area (Å²) in [5.74, 6) is 0.816. The van der Waals surface area contributed by atoms with Crippen LogP contribution >= 0.6 is 24.0 Å². The fourth-order valence-electron chi connectivity index (χ4n) is 3.11. The van der Waals surface area contributed by atoms with Gasteiger partial charge < -0.3 is 15.5 Å². The molecule has 1 fully saturated rings. The van der Waals surface area contributed by atoms with Crippen LogP contribution in [0.3, 0.4) is 0 Å². The van der Waals surface area contributed by atoms with Crippen molar-refractivity contribution in [3.05, 3.63) is 47.8 Å². The molecular formula is C19H29IN6. The molecule has 3 rings (SSSR count). The van der Waals surface area contributed by atoms with E-state index in [1.165, 1.54) is 37.2 Å². The smallest absolute Gasteiger partial charge is 0.192 e. The molecule has 7 heteroatoms. The zero-order chi connectivity index (χ0) is 17.5. The summed E-state index contributed by atoms with van der Waals surface area (Å²) in [7, 11) is 0. The highest BCUT2D eigenvalue weighted by Crippen LogP contribution is 2.23. The van der Waals surface area contributed by atoms with Crippen molar-refractivity contribution in [2.45, 2.75) is 39.3 Å². The Morgan fingerprint density at radius 3 is 2.81 bits per heavy atom. The molecule has 0 radical (unpaired) electrons. The Kier molecular flexibility index (Phi) is 8.21. The molecule has 1 aromatic heterocycles. The minimum atomic E-state index is 0. The number of hydrogen-bond donors (Lipinski definition) is 3. The monoisotopic (exact) mass is 468 g/mol. The number of rotatable bonds is 6. The molecule has 1 saturated heterocycles. The lowest BCUT2D eigenvalue weighted by molar-refractivity contribution is 0.685. The summed E-state index contributed by atoms with van der Waals surface area (Å²) in [5, 5.41) is 13.7. The Bertz CT molecular complexity index is 679. The lowest BCUT2D eigenvalue weighted by atomic mass is 10.1. The van der Waals surface area contributed by atoms with Crippen molar-refractivity contribution in [2.75, 3.05) is 24.5 Å². The first kappa shape index (κ1) is 20.5. The van der Waals surface area contributed by atoms with Crippen LogP contribution in [0.1, 0.15) is 44.0 Å². The van der Waals surface area contributed by atoms with Crippen molar-refractivity contribution >= 4 is 35.6 Å². The third-order valence-corrected chi connectivity index (χ3v) is 4.50. The van der Waals surface area contributed by atoms with Gasteiger partial charge in [-0.2, -0.15) is 5.10 Å². The van der Waals surface area contributed by atoms with Gasteiger partial charge >= 0.3 is 0 Å². The molecule has 1 atom stereocenters. The van der Waals surface area contributed by atoms with E-state index in [4.69, 9.17) is 0 Å². The van der Waals surface area contributed by atoms with Crippen molar-refractivity contribution in [1.82, 2.24) is 20.8 Å². The van der Waals surface area contributed by atoms with Crippen LogP contribution in [0, 0.1) is 0 Å². The maximum atomic E-state index is 4.63. The SMILES string of the molecule is CCNC(=NCc1ccn[nH]1)NC(C)c1cccc(N2CCCC2)c1.I. The number of aromatic amines is 1. The van der Waals surface area contributed by atoms with Crippen LogP contribution in [-0.4, -0.2) is 35.8 Å². The van der Waals surface area contributed by atoms with Gasteiger partial charge in [0.25, 0.3) is 0 Å². The Labute approximate surface area is 172 Å². The first-order valence-electron chi connectivity index (χ1n) is 9.14. The number of nitrogens with one attached hydrogen (secondary N) is 3. The number of anilines is 1. The van der Waals surface area contributed by atoms with Crippen molar-refractivity contribution < 1.29 is 0 Å². The van der Waals surface area contributed by atoms with E-state index in [-0.39, 0.29) is 30.0 Å². The number of H-pyrrole nitrogens is 1. The van der Waals surface area contributed by atoms with E-state index >= 15 is 0 Å². The molecule has 1 aliphatic heterocycles. The van der Waals surface area contributed by atoms with Crippen LogP contribution in [0.4, 0.5) is 5.69 Å². The standard InChI is InChI=1S/C19H28N6.HI/c1-3-20-19(21-14-17-9-10-22-24-17)23-15(2)16-7-6-8-18(13-16)25-11-4-5-12-25;/h6-10,13,15H,3-5,11-12,14H2,1-2H3,(H,22,24)(H2,20,21,23);1H.